The Bertz CT molecular complexity index is 760. The molecule has 3 heterocycles. The normalized spacial score (nSPS) is 19.9. The Balaban J connectivity index is 1.34. The van der Waals surface area contributed by atoms with Gasteiger partial charge in [0.05, 0.1) is 12.7 Å². The lowest BCUT2D eigenvalue weighted by Crippen LogP contribution is -2.53. The van der Waals surface area contributed by atoms with E-state index in [0.717, 1.165) is 68.9 Å². The van der Waals surface area contributed by atoms with Crippen LogP contribution in [0.25, 0.3) is 10.8 Å². The van der Waals surface area contributed by atoms with Gasteiger partial charge in [0.25, 0.3) is 0 Å². The summed E-state index contributed by atoms with van der Waals surface area (Å²) in [6.45, 7) is 7.67. The molecule has 26 heavy (non-hydrogen) atoms. The zero-order chi connectivity index (χ0) is 17.9. The van der Waals surface area contributed by atoms with E-state index in [2.05, 4.69) is 44.1 Å². The maximum atomic E-state index is 12.5. The molecule has 138 valence electrons. The molecule has 1 amide bonds. The summed E-state index contributed by atoms with van der Waals surface area (Å²) in [6.07, 6.45) is 1.81. The molecule has 2 aliphatic heterocycles. The van der Waals surface area contributed by atoms with Crippen molar-refractivity contribution in [2.75, 3.05) is 70.9 Å². The maximum Gasteiger partial charge on any atom is 0.236 e. The minimum Gasteiger partial charge on any atom is -0.352 e. The summed E-state index contributed by atoms with van der Waals surface area (Å²) in [6, 6.07) is 8.23. The minimum atomic E-state index is 0.261. The lowest BCUT2D eigenvalue weighted by Gasteiger charge is -2.37. The number of amides is 1. The smallest absolute Gasteiger partial charge is 0.236 e. The van der Waals surface area contributed by atoms with Gasteiger partial charge in [-0.25, -0.2) is 0 Å². The quantitative estimate of drug-likeness (QED) is 0.801. The summed E-state index contributed by atoms with van der Waals surface area (Å²) >= 11 is 0. The van der Waals surface area contributed by atoms with Crippen LogP contribution in [0.2, 0.25) is 0 Å². The van der Waals surface area contributed by atoms with Gasteiger partial charge in [0.15, 0.2) is 5.82 Å². The number of hydrogen-bond donors (Lipinski definition) is 0. The van der Waals surface area contributed by atoms with Crippen molar-refractivity contribution in [1.29, 1.82) is 0 Å². The van der Waals surface area contributed by atoms with Crippen LogP contribution in [-0.4, -0.2) is 96.8 Å². The van der Waals surface area contributed by atoms with Crippen LogP contribution in [0, 0.1) is 0 Å². The van der Waals surface area contributed by atoms with Gasteiger partial charge in [0.1, 0.15) is 0 Å². The highest BCUT2D eigenvalue weighted by Gasteiger charge is 2.24. The van der Waals surface area contributed by atoms with Crippen LogP contribution in [-0.2, 0) is 4.79 Å². The number of anilines is 1. The van der Waals surface area contributed by atoms with Gasteiger partial charge in [-0.3, -0.25) is 9.69 Å². The van der Waals surface area contributed by atoms with Gasteiger partial charge in [-0.2, -0.15) is 5.10 Å². The Morgan fingerprint density at radius 2 is 1.73 bits per heavy atom. The van der Waals surface area contributed by atoms with Gasteiger partial charge >= 0.3 is 0 Å². The van der Waals surface area contributed by atoms with Crippen LogP contribution >= 0.6 is 0 Å². The molecule has 0 radical (unpaired) electrons. The molecule has 0 bridgehead atoms. The molecule has 2 aromatic rings. The first-order chi connectivity index (χ1) is 12.7. The third kappa shape index (κ3) is 3.64. The molecule has 0 spiro atoms. The van der Waals surface area contributed by atoms with E-state index in [0.29, 0.717) is 6.54 Å². The number of carbonyl (C=O) groups excluding carboxylic acids is 1. The van der Waals surface area contributed by atoms with Crippen molar-refractivity contribution in [1.82, 2.24) is 24.9 Å². The number of rotatable bonds is 3. The number of nitrogens with zero attached hydrogens (tertiary/aromatic N) is 6. The van der Waals surface area contributed by atoms with E-state index in [9.17, 15) is 4.79 Å². The standard InChI is InChI=1S/C19H26N6O/c1-22-6-10-24(11-7-22)18(26)15-23-8-12-25(13-9-23)19-17-5-3-2-4-16(17)14-20-21-19/h2-5,14H,6-13,15H2,1H3. The molecule has 0 N–H and O–H groups in total. The monoisotopic (exact) mass is 354 g/mol. The first kappa shape index (κ1) is 17.2. The molecule has 0 atom stereocenters. The van der Waals surface area contributed by atoms with E-state index in [-0.39, 0.29) is 5.91 Å². The molecular formula is C19H26N6O. The summed E-state index contributed by atoms with van der Waals surface area (Å²) in [4.78, 5) is 21.3. The van der Waals surface area contributed by atoms with Crippen LogP contribution in [0.15, 0.2) is 30.5 Å². The fraction of sp³-hybridized carbons (Fsp3) is 0.526. The highest BCUT2D eigenvalue weighted by atomic mass is 16.2. The van der Waals surface area contributed by atoms with Crippen molar-refractivity contribution in [3.8, 4) is 0 Å². The first-order valence-corrected chi connectivity index (χ1v) is 9.35. The molecule has 4 rings (SSSR count). The molecule has 7 heteroatoms. The highest BCUT2D eigenvalue weighted by Crippen LogP contribution is 2.24. The van der Waals surface area contributed by atoms with Gasteiger partial charge < -0.3 is 14.7 Å². The van der Waals surface area contributed by atoms with Gasteiger partial charge in [-0.15, -0.1) is 5.10 Å². The van der Waals surface area contributed by atoms with E-state index in [4.69, 9.17) is 0 Å². The third-order valence-corrected chi connectivity index (χ3v) is 5.44. The number of fused-ring (bicyclic) bond motifs is 1. The van der Waals surface area contributed by atoms with E-state index >= 15 is 0 Å². The van der Waals surface area contributed by atoms with Crippen LogP contribution in [0.1, 0.15) is 0 Å². The number of piperazine rings is 2. The second-order valence-corrected chi connectivity index (χ2v) is 7.20. The molecule has 7 nitrogen and oxygen atoms in total. The van der Waals surface area contributed by atoms with Gasteiger partial charge in [-0.1, -0.05) is 24.3 Å². The van der Waals surface area contributed by atoms with Gasteiger partial charge in [0.2, 0.25) is 5.91 Å². The molecule has 0 saturated carbocycles. The van der Waals surface area contributed by atoms with Crippen LogP contribution in [0.5, 0.6) is 0 Å². The second kappa shape index (κ2) is 7.55. The fourth-order valence-corrected chi connectivity index (χ4v) is 3.71. The average Bonchev–Trinajstić information content (AvgIpc) is 2.69. The third-order valence-electron chi connectivity index (χ3n) is 5.44. The summed E-state index contributed by atoms with van der Waals surface area (Å²) in [5, 5.41) is 10.8. The Hall–Kier alpha value is -2.25. The van der Waals surface area contributed by atoms with E-state index in [1.165, 1.54) is 0 Å². The van der Waals surface area contributed by atoms with E-state index in [1.807, 2.05) is 23.2 Å². The summed E-state index contributed by atoms with van der Waals surface area (Å²) in [5.41, 5.74) is 0. The van der Waals surface area contributed by atoms with E-state index < -0.39 is 0 Å². The van der Waals surface area contributed by atoms with Gasteiger partial charge in [0, 0.05) is 63.1 Å². The number of likely N-dealkylation sites (N-methyl/N-ethyl adjacent to an activating group) is 1. The van der Waals surface area contributed by atoms with Crippen LogP contribution in [0.3, 0.4) is 0 Å². The van der Waals surface area contributed by atoms with Crippen LogP contribution < -0.4 is 4.90 Å². The number of benzene rings is 1. The molecule has 2 aliphatic rings. The molecule has 1 aromatic heterocycles. The highest BCUT2D eigenvalue weighted by molar-refractivity contribution is 5.91. The topological polar surface area (TPSA) is 55.8 Å². The summed E-state index contributed by atoms with van der Waals surface area (Å²) in [7, 11) is 2.11. The van der Waals surface area contributed by atoms with Crippen molar-refractivity contribution >= 4 is 22.5 Å². The summed E-state index contributed by atoms with van der Waals surface area (Å²) in [5.74, 6) is 1.21. The molecule has 0 unspecified atom stereocenters. The van der Waals surface area contributed by atoms with Crippen molar-refractivity contribution < 1.29 is 4.79 Å². The van der Waals surface area contributed by atoms with Crippen LogP contribution in [0.4, 0.5) is 5.82 Å². The average molecular weight is 354 g/mol. The largest absolute Gasteiger partial charge is 0.352 e. The zero-order valence-corrected chi connectivity index (χ0v) is 15.3. The van der Waals surface area contributed by atoms with Crippen molar-refractivity contribution in [2.45, 2.75) is 0 Å². The SMILES string of the molecule is CN1CCN(C(=O)CN2CCN(c3nncc4ccccc34)CC2)CC1. The lowest BCUT2D eigenvalue weighted by atomic mass is 10.1. The van der Waals surface area contributed by atoms with Gasteiger partial charge in [-0.05, 0) is 7.05 Å². The molecule has 2 saturated heterocycles. The Kier molecular flexibility index (Phi) is 4.99. The molecular weight excluding hydrogens is 328 g/mol. The fourth-order valence-electron chi connectivity index (χ4n) is 3.71. The number of hydrogen-bond acceptors (Lipinski definition) is 6. The second-order valence-electron chi connectivity index (χ2n) is 7.20. The predicted molar refractivity (Wildman–Crippen MR) is 102 cm³/mol. The lowest BCUT2D eigenvalue weighted by molar-refractivity contribution is -0.134. The Morgan fingerprint density at radius 3 is 2.50 bits per heavy atom. The maximum absolute atomic E-state index is 12.5. The molecule has 2 fully saturated rings. The molecule has 0 aliphatic carbocycles. The number of carbonyl (C=O) groups is 1. The molecule has 1 aromatic carbocycles. The Morgan fingerprint density at radius 1 is 1.00 bits per heavy atom. The Labute approximate surface area is 154 Å². The van der Waals surface area contributed by atoms with Crippen molar-refractivity contribution in [3.05, 3.63) is 30.5 Å². The number of aromatic nitrogens is 2. The van der Waals surface area contributed by atoms with E-state index in [1.54, 1.807) is 0 Å². The van der Waals surface area contributed by atoms with Crippen molar-refractivity contribution in [2.24, 2.45) is 0 Å². The zero-order valence-electron chi connectivity index (χ0n) is 15.3. The minimum absolute atomic E-state index is 0.261. The van der Waals surface area contributed by atoms with Crippen molar-refractivity contribution in [3.63, 3.8) is 0 Å². The predicted octanol–water partition coefficient (Wildman–Crippen LogP) is 0.526. The summed E-state index contributed by atoms with van der Waals surface area (Å²) < 4.78 is 0. The first-order valence-electron chi connectivity index (χ1n) is 9.35.